The molecule has 17 heavy (non-hydrogen) atoms. The van der Waals surface area contributed by atoms with Gasteiger partial charge in [-0.1, -0.05) is 0 Å². The molecule has 0 radical (unpaired) electrons. The van der Waals surface area contributed by atoms with Crippen molar-refractivity contribution < 1.29 is 13.6 Å². The first-order valence-electron chi connectivity index (χ1n) is 5.23. The maximum Gasteiger partial charge on any atom is 0.242 e. The third kappa shape index (κ3) is 2.43. The van der Waals surface area contributed by atoms with Crippen LogP contribution in [0.5, 0.6) is 0 Å². The van der Waals surface area contributed by atoms with E-state index in [-0.39, 0.29) is 11.7 Å². The van der Waals surface area contributed by atoms with Crippen LogP contribution in [-0.2, 0) is 4.79 Å². The number of rotatable bonds is 2. The van der Waals surface area contributed by atoms with Gasteiger partial charge in [-0.25, -0.2) is 13.8 Å². The molecule has 1 aromatic heterocycles. The van der Waals surface area contributed by atoms with E-state index in [1.165, 1.54) is 0 Å². The minimum Gasteiger partial charge on any atom is -0.381 e. The van der Waals surface area contributed by atoms with Gasteiger partial charge in [0, 0.05) is 12.6 Å². The van der Waals surface area contributed by atoms with E-state index in [0.717, 1.165) is 6.42 Å². The van der Waals surface area contributed by atoms with Crippen LogP contribution in [0.2, 0.25) is 0 Å². The highest BCUT2D eigenvalue weighted by molar-refractivity contribution is 5.85. The molecule has 5 nitrogen and oxygen atoms in total. The van der Waals surface area contributed by atoms with E-state index in [2.05, 4.69) is 15.6 Å². The van der Waals surface area contributed by atoms with E-state index in [1.54, 1.807) is 0 Å². The summed E-state index contributed by atoms with van der Waals surface area (Å²) in [6, 6.07) is 0.0846. The normalized spacial score (nSPS) is 19.9. The molecule has 1 aliphatic rings. The summed E-state index contributed by atoms with van der Waals surface area (Å²) in [5, 5.41) is 5.26. The molecule has 92 valence electrons. The van der Waals surface area contributed by atoms with Gasteiger partial charge < -0.3 is 16.4 Å². The number of anilines is 2. The monoisotopic (exact) mass is 242 g/mol. The third-order valence-corrected chi connectivity index (χ3v) is 2.55. The van der Waals surface area contributed by atoms with Gasteiger partial charge in [0.05, 0.1) is 0 Å². The minimum absolute atomic E-state index is 0.203. The number of aromatic nitrogens is 1. The molecule has 1 aliphatic heterocycles. The van der Waals surface area contributed by atoms with Crippen molar-refractivity contribution in [2.24, 2.45) is 0 Å². The summed E-state index contributed by atoms with van der Waals surface area (Å²) in [5.41, 5.74) is 5.24. The maximum atomic E-state index is 13.4. The number of carbonyl (C=O) groups is 1. The van der Waals surface area contributed by atoms with E-state index >= 15 is 0 Å². The second-order valence-electron chi connectivity index (χ2n) is 3.82. The lowest BCUT2D eigenvalue weighted by Crippen LogP contribution is -2.44. The predicted molar refractivity (Wildman–Crippen MR) is 58.2 cm³/mol. The molecular weight excluding hydrogens is 230 g/mol. The number of hydrogen-bond donors (Lipinski definition) is 3. The molecule has 4 N–H and O–H groups in total. The number of piperidine rings is 1. The summed E-state index contributed by atoms with van der Waals surface area (Å²) in [5.74, 6) is -2.60. The van der Waals surface area contributed by atoms with Gasteiger partial charge in [-0.3, -0.25) is 4.79 Å². The van der Waals surface area contributed by atoms with Gasteiger partial charge in [0.2, 0.25) is 5.91 Å². The van der Waals surface area contributed by atoms with Gasteiger partial charge in [-0.2, -0.15) is 0 Å². The lowest BCUT2D eigenvalue weighted by molar-refractivity contribution is -0.123. The molecule has 2 heterocycles. The van der Waals surface area contributed by atoms with Crippen molar-refractivity contribution >= 4 is 17.5 Å². The van der Waals surface area contributed by atoms with Crippen molar-refractivity contribution in [2.45, 2.75) is 18.9 Å². The zero-order valence-corrected chi connectivity index (χ0v) is 8.96. The van der Waals surface area contributed by atoms with Crippen LogP contribution in [0.4, 0.5) is 20.4 Å². The van der Waals surface area contributed by atoms with Gasteiger partial charge >= 0.3 is 0 Å². The van der Waals surface area contributed by atoms with Crippen LogP contribution in [0.15, 0.2) is 6.07 Å². The average Bonchev–Trinajstić information content (AvgIpc) is 2.29. The Morgan fingerprint density at radius 2 is 2.24 bits per heavy atom. The summed E-state index contributed by atoms with van der Waals surface area (Å²) in [7, 11) is 0. The number of nitrogens with two attached hydrogens (primary N) is 1. The quantitative estimate of drug-likeness (QED) is 0.710. The number of halogens is 2. The van der Waals surface area contributed by atoms with E-state index in [0.29, 0.717) is 19.0 Å². The molecule has 1 saturated heterocycles. The van der Waals surface area contributed by atoms with Gasteiger partial charge in [0.1, 0.15) is 6.04 Å². The second-order valence-corrected chi connectivity index (χ2v) is 3.82. The first-order valence-corrected chi connectivity index (χ1v) is 5.23. The molecule has 0 spiro atoms. The van der Waals surface area contributed by atoms with Crippen LogP contribution in [0.1, 0.15) is 12.8 Å². The number of pyridine rings is 1. The fourth-order valence-electron chi connectivity index (χ4n) is 1.66. The van der Waals surface area contributed by atoms with E-state index in [4.69, 9.17) is 5.73 Å². The predicted octanol–water partition coefficient (Wildman–Crippen LogP) is 0.632. The summed E-state index contributed by atoms with van der Waals surface area (Å²) >= 11 is 0. The van der Waals surface area contributed by atoms with E-state index < -0.39 is 23.5 Å². The van der Waals surface area contributed by atoms with Crippen molar-refractivity contribution in [3.63, 3.8) is 0 Å². The Hall–Kier alpha value is -1.92. The summed E-state index contributed by atoms with van der Waals surface area (Å²) in [6.07, 6.45) is 1.37. The molecule has 1 fully saturated rings. The molecule has 0 aliphatic carbocycles. The molecule has 1 aromatic rings. The number of nitrogens with one attached hydrogen (secondary N) is 2. The molecule has 1 unspecified atom stereocenters. The van der Waals surface area contributed by atoms with Gasteiger partial charge in [-0.05, 0) is 12.8 Å². The number of amides is 1. The SMILES string of the molecule is Nc1nc(NC2CCCNC2=O)c(F)cc1F. The maximum absolute atomic E-state index is 13.4. The molecule has 1 amide bonds. The van der Waals surface area contributed by atoms with Crippen LogP contribution in [0.3, 0.4) is 0 Å². The smallest absolute Gasteiger partial charge is 0.242 e. The highest BCUT2D eigenvalue weighted by Gasteiger charge is 2.23. The van der Waals surface area contributed by atoms with Crippen molar-refractivity contribution in [3.05, 3.63) is 17.7 Å². The number of nitrogen functional groups attached to an aromatic ring is 1. The first-order chi connectivity index (χ1) is 8.08. The van der Waals surface area contributed by atoms with Crippen LogP contribution >= 0.6 is 0 Å². The molecule has 0 bridgehead atoms. The lowest BCUT2D eigenvalue weighted by Gasteiger charge is -2.23. The zero-order valence-electron chi connectivity index (χ0n) is 8.96. The zero-order chi connectivity index (χ0) is 12.4. The number of nitrogens with zero attached hydrogens (tertiary/aromatic N) is 1. The third-order valence-electron chi connectivity index (χ3n) is 2.55. The molecule has 1 atom stereocenters. The number of hydrogen-bond acceptors (Lipinski definition) is 4. The van der Waals surface area contributed by atoms with E-state index in [9.17, 15) is 13.6 Å². The van der Waals surface area contributed by atoms with Crippen LogP contribution in [0, 0.1) is 11.6 Å². The van der Waals surface area contributed by atoms with Crippen LogP contribution in [-0.4, -0.2) is 23.5 Å². The molecule has 0 saturated carbocycles. The summed E-state index contributed by atoms with van der Waals surface area (Å²) in [4.78, 5) is 15.0. The lowest BCUT2D eigenvalue weighted by atomic mass is 10.1. The van der Waals surface area contributed by atoms with Gasteiger partial charge in [-0.15, -0.1) is 0 Å². The molecular formula is C10H12F2N4O. The van der Waals surface area contributed by atoms with Gasteiger partial charge in [0.25, 0.3) is 0 Å². The fourth-order valence-corrected chi connectivity index (χ4v) is 1.66. The molecule has 0 aromatic carbocycles. The number of carbonyl (C=O) groups excluding carboxylic acids is 1. The minimum atomic E-state index is -0.916. The fraction of sp³-hybridized carbons (Fsp3) is 0.400. The summed E-state index contributed by atoms with van der Waals surface area (Å²) < 4.78 is 26.2. The first kappa shape index (κ1) is 11.6. The van der Waals surface area contributed by atoms with E-state index in [1.807, 2.05) is 0 Å². The van der Waals surface area contributed by atoms with Crippen molar-refractivity contribution in [3.8, 4) is 0 Å². The van der Waals surface area contributed by atoms with Crippen molar-refractivity contribution in [1.29, 1.82) is 0 Å². The molecule has 7 heteroatoms. The van der Waals surface area contributed by atoms with Crippen LogP contribution in [0.25, 0.3) is 0 Å². The standard InChI is InChI=1S/C10H12F2N4O/c11-5-4-6(12)9(16-8(5)13)15-7-2-1-3-14-10(7)17/h4,7H,1-3H2,(H,14,17)(H3,13,15,16). The van der Waals surface area contributed by atoms with Crippen molar-refractivity contribution in [2.75, 3.05) is 17.6 Å². The highest BCUT2D eigenvalue weighted by atomic mass is 19.1. The average molecular weight is 242 g/mol. The highest BCUT2D eigenvalue weighted by Crippen LogP contribution is 2.19. The largest absolute Gasteiger partial charge is 0.381 e. The Labute approximate surface area is 96.4 Å². The Balaban J connectivity index is 2.17. The summed E-state index contributed by atoms with van der Waals surface area (Å²) in [6.45, 7) is 0.610. The topological polar surface area (TPSA) is 80.0 Å². The Kier molecular flexibility index (Phi) is 3.08. The Bertz CT molecular complexity index is 452. The molecule has 2 rings (SSSR count). The Morgan fingerprint density at radius 3 is 2.94 bits per heavy atom. The van der Waals surface area contributed by atoms with Gasteiger partial charge in [0.15, 0.2) is 23.3 Å². The Morgan fingerprint density at radius 1 is 1.47 bits per heavy atom. The van der Waals surface area contributed by atoms with Crippen LogP contribution < -0.4 is 16.4 Å². The second kappa shape index (κ2) is 4.52. The van der Waals surface area contributed by atoms with Crippen molar-refractivity contribution in [1.82, 2.24) is 10.3 Å².